The number of hydrogen-bond acceptors (Lipinski definition) is 7. The van der Waals surface area contributed by atoms with E-state index in [-0.39, 0.29) is 0 Å². The molecule has 1 fully saturated rings. The van der Waals surface area contributed by atoms with Crippen LogP contribution in [-0.4, -0.2) is 54.8 Å². The van der Waals surface area contributed by atoms with Gasteiger partial charge < -0.3 is 20.1 Å². The number of rotatable bonds is 3. The fraction of sp³-hybridized carbons (Fsp3) is 0.333. The van der Waals surface area contributed by atoms with Gasteiger partial charge in [-0.2, -0.15) is 0 Å². The third kappa shape index (κ3) is 3.22. The van der Waals surface area contributed by atoms with Gasteiger partial charge in [-0.1, -0.05) is 0 Å². The normalized spacial score (nSPS) is 28.3. The summed E-state index contributed by atoms with van der Waals surface area (Å²) in [5.41, 5.74) is 1.01. The van der Waals surface area contributed by atoms with Gasteiger partial charge in [0.05, 0.1) is 11.8 Å². The van der Waals surface area contributed by atoms with Crippen molar-refractivity contribution in [3.8, 4) is 17.0 Å². The Balaban J connectivity index is 1.76. The lowest BCUT2D eigenvalue weighted by Gasteiger charge is -2.34. The van der Waals surface area contributed by atoms with Crippen molar-refractivity contribution in [3.63, 3.8) is 0 Å². The molecule has 0 unspecified atom stereocenters. The molecule has 3 rings (SSSR count). The monoisotopic (exact) mass is 320 g/mol. The molecule has 2 aromatic heterocycles. The molecule has 0 bridgehead atoms. The molecule has 3 heterocycles. The average Bonchev–Trinajstić information content (AvgIpc) is 2.57. The van der Waals surface area contributed by atoms with Crippen molar-refractivity contribution in [2.45, 2.75) is 23.7 Å². The van der Waals surface area contributed by atoms with E-state index in [1.54, 1.807) is 30.7 Å². The van der Waals surface area contributed by atoms with E-state index in [2.05, 4.69) is 9.97 Å². The molecule has 116 valence electrons. The zero-order chi connectivity index (χ0) is 15.5. The zero-order valence-electron chi connectivity index (χ0n) is 11.6. The highest BCUT2D eigenvalue weighted by Gasteiger charge is 2.38. The van der Waals surface area contributed by atoms with Gasteiger partial charge in [-0.15, -0.1) is 11.8 Å². The van der Waals surface area contributed by atoms with E-state index < -0.39 is 23.7 Å². The average molecular weight is 320 g/mol. The molecule has 1 aliphatic rings. The number of aliphatic hydroxyl groups excluding tert-OH is 3. The van der Waals surface area contributed by atoms with E-state index >= 15 is 0 Å². The van der Waals surface area contributed by atoms with Gasteiger partial charge in [0.2, 0.25) is 0 Å². The number of aromatic nitrogens is 2. The quantitative estimate of drug-likeness (QED) is 0.765. The smallest absolute Gasteiger partial charge is 0.173 e. The summed E-state index contributed by atoms with van der Waals surface area (Å²) in [4.78, 5) is 8.25. The molecule has 0 radical (unpaired) electrons. The first-order valence-corrected chi connectivity index (χ1v) is 7.89. The fourth-order valence-corrected chi connectivity index (χ4v) is 3.30. The molecule has 0 aliphatic carbocycles. The van der Waals surface area contributed by atoms with Gasteiger partial charge in [0.15, 0.2) is 5.44 Å². The maximum Gasteiger partial charge on any atom is 0.173 e. The molecule has 1 saturated heterocycles. The highest BCUT2D eigenvalue weighted by molar-refractivity contribution is 7.99. The minimum Gasteiger partial charge on any atom is -0.477 e. The van der Waals surface area contributed by atoms with Crippen molar-refractivity contribution in [1.29, 1.82) is 0 Å². The molecular weight excluding hydrogens is 304 g/mol. The second-order valence-electron chi connectivity index (χ2n) is 4.98. The van der Waals surface area contributed by atoms with E-state index in [9.17, 15) is 15.3 Å². The van der Waals surface area contributed by atoms with Gasteiger partial charge in [0.1, 0.15) is 18.0 Å². The summed E-state index contributed by atoms with van der Waals surface area (Å²) in [5, 5.41) is 29.2. The summed E-state index contributed by atoms with van der Waals surface area (Å²) in [5.74, 6) is 0.854. The largest absolute Gasteiger partial charge is 0.477 e. The van der Waals surface area contributed by atoms with Crippen LogP contribution >= 0.6 is 11.8 Å². The van der Waals surface area contributed by atoms with Crippen LogP contribution in [-0.2, 0) is 0 Å². The van der Waals surface area contributed by atoms with Crippen molar-refractivity contribution in [3.05, 3.63) is 42.9 Å². The van der Waals surface area contributed by atoms with Gasteiger partial charge in [-0.25, -0.2) is 0 Å². The lowest BCUT2D eigenvalue weighted by atomic mass is 10.1. The van der Waals surface area contributed by atoms with Crippen molar-refractivity contribution >= 4 is 11.8 Å². The number of nitrogens with zero attached hydrogens (tertiary/aromatic N) is 2. The minimum absolute atomic E-state index is 0.311. The maximum atomic E-state index is 9.98. The number of aliphatic hydroxyl groups is 3. The van der Waals surface area contributed by atoms with Gasteiger partial charge in [0, 0.05) is 36.0 Å². The highest BCUT2D eigenvalue weighted by Crippen LogP contribution is 2.30. The fourth-order valence-electron chi connectivity index (χ4n) is 2.18. The molecule has 4 atom stereocenters. The first-order valence-electron chi connectivity index (χ1n) is 6.84. The minimum atomic E-state index is -1.20. The number of thioether (sulfide) groups is 1. The summed E-state index contributed by atoms with van der Waals surface area (Å²) in [6.45, 7) is 0. The van der Waals surface area contributed by atoms with Crippen molar-refractivity contribution in [2.75, 3.05) is 5.75 Å². The molecule has 0 amide bonds. The van der Waals surface area contributed by atoms with E-state index in [0.29, 0.717) is 11.5 Å². The molecule has 1 aliphatic heterocycles. The number of pyridine rings is 2. The van der Waals surface area contributed by atoms with Crippen LogP contribution in [0.2, 0.25) is 0 Å². The summed E-state index contributed by atoms with van der Waals surface area (Å²) in [6.07, 6.45) is 1.70. The molecule has 3 N–H and O–H groups in total. The van der Waals surface area contributed by atoms with Crippen LogP contribution in [0.15, 0.2) is 42.9 Å². The maximum absolute atomic E-state index is 9.98. The zero-order valence-corrected chi connectivity index (χ0v) is 12.4. The van der Waals surface area contributed by atoms with Crippen LogP contribution < -0.4 is 4.74 Å². The van der Waals surface area contributed by atoms with Gasteiger partial charge >= 0.3 is 0 Å². The number of ether oxygens (including phenoxy) is 1. The second-order valence-corrected chi connectivity index (χ2v) is 6.11. The van der Waals surface area contributed by atoms with E-state index in [1.807, 2.05) is 12.1 Å². The molecule has 6 nitrogen and oxygen atoms in total. The Hall–Kier alpha value is -1.67. The summed E-state index contributed by atoms with van der Waals surface area (Å²) in [6, 6.07) is 7.14. The highest BCUT2D eigenvalue weighted by atomic mass is 32.2. The Morgan fingerprint density at radius 1 is 1.05 bits per heavy atom. The van der Waals surface area contributed by atoms with Crippen LogP contribution in [0.5, 0.6) is 5.75 Å². The molecule has 2 aromatic rings. The Labute approximate surface area is 131 Å². The van der Waals surface area contributed by atoms with Crippen LogP contribution in [0, 0.1) is 0 Å². The first kappa shape index (κ1) is 15.2. The Morgan fingerprint density at radius 2 is 1.82 bits per heavy atom. The van der Waals surface area contributed by atoms with Crippen LogP contribution in [0.3, 0.4) is 0 Å². The standard InChI is InChI=1S/C15H16N2O4S/c18-12-8-22-15(14(20)13(12)19)21-10-3-6-17-11(7-10)9-1-4-16-5-2-9/h1-7,12-15,18-20H,8H2/t12-,13+,14-,15-/m1/s1. The van der Waals surface area contributed by atoms with E-state index in [4.69, 9.17) is 4.74 Å². The lowest BCUT2D eigenvalue weighted by Crippen LogP contribution is -2.50. The molecule has 0 saturated carbocycles. The lowest BCUT2D eigenvalue weighted by molar-refractivity contribution is -0.0786. The van der Waals surface area contributed by atoms with E-state index in [0.717, 1.165) is 11.3 Å². The summed E-state index contributed by atoms with van der Waals surface area (Å²) in [7, 11) is 0. The third-order valence-electron chi connectivity index (χ3n) is 3.41. The van der Waals surface area contributed by atoms with Crippen LogP contribution in [0.25, 0.3) is 11.3 Å². The van der Waals surface area contributed by atoms with Gasteiger partial charge in [0.25, 0.3) is 0 Å². The predicted octanol–water partition coefficient (Wildman–Crippen LogP) is 0.678. The molecule has 7 heteroatoms. The van der Waals surface area contributed by atoms with Gasteiger partial charge in [-0.05, 0) is 18.2 Å². The van der Waals surface area contributed by atoms with Crippen LogP contribution in [0.4, 0.5) is 0 Å². The Kier molecular flexibility index (Phi) is 4.58. The topological polar surface area (TPSA) is 95.7 Å². The predicted molar refractivity (Wildman–Crippen MR) is 82.4 cm³/mol. The van der Waals surface area contributed by atoms with Crippen molar-refractivity contribution in [2.24, 2.45) is 0 Å². The van der Waals surface area contributed by atoms with Crippen molar-refractivity contribution in [1.82, 2.24) is 9.97 Å². The molecule has 22 heavy (non-hydrogen) atoms. The number of hydrogen-bond donors (Lipinski definition) is 3. The Morgan fingerprint density at radius 3 is 2.59 bits per heavy atom. The molecule has 0 aromatic carbocycles. The SMILES string of the molecule is O[C@@H]1[C@@H](O)[C@H](Oc2ccnc(-c3ccncc3)c2)SC[C@H]1O. The summed E-state index contributed by atoms with van der Waals surface area (Å²) < 4.78 is 5.73. The molecule has 0 spiro atoms. The van der Waals surface area contributed by atoms with E-state index in [1.165, 1.54) is 11.8 Å². The van der Waals surface area contributed by atoms with Gasteiger partial charge in [-0.3, -0.25) is 9.97 Å². The third-order valence-corrected chi connectivity index (χ3v) is 4.65. The molecular formula is C15H16N2O4S. The second kappa shape index (κ2) is 6.62. The first-order chi connectivity index (χ1) is 10.6. The van der Waals surface area contributed by atoms with Crippen LogP contribution in [0.1, 0.15) is 0 Å². The van der Waals surface area contributed by atoms with Crippen molar-refractivity contribution < 1.29 is 20.1 Å². The summed E-state index contributed by atoms with van der Waals surface area (Å²) >= 11 is 1.27. The Bertz CT molecular complexity index is 628.